The average Bonchev–Trinajstić information content (AvgIpc) is 2.45. The van der Waals surface area contributed by atoms with E-state index in [1.807, 2.05) is 0 Å². The lowest BCUT2D eigenvalue weighted by atomic mass is 9.95. The third-order valence-electron chi connectivity index (χ3n) is 4.13. The zero-order chi connectivity index (χ0) is 14.7. The molecule has 2 aliphatic rings. The van der Waals surface area contributed by atoms with Crippen LogP contribution in [0.5, 0.6) is 0 Å². The van der Waals surface area contributed by atoms with Gasteiger partial charge >= 0.3 is 6.03 Å². The first kappa shape index (κ1) is 15.1. The number of likely N-dealkylation sites (tertiary alicyclic amines) is 2. The van der Waals surface area contributed by atoms with Crippen LogP contribution in [0, 0.1) is 5.92 Å². The van der Waals surface area contributed by atoms with Gasteiger partial charge in [-0.25, -0.2) is 4.79 Å². The number of nitrogens with zero attached hydrogens (tertiary/aromatic N) is 3. The fraction of sp³-hybridized carbons (Fsp3) is 0.857. The maximum atomic E-state index is 12.5. The molecule has 2 fully saturated rings. The van der Waals surface area contributed by atoms with E-state index in [0.717, 1.165) is 38.8 Å². The van der Waals surface area contributed by atoms with Gasteiger partial charge in [0.05, 0.1) is 12.0 Å². The van der Waals surface area contributed by atoms with Gasteiger partial charge in [-0.1, -0.05) is 0 Å². The topological polar surface area (TPSA) is 64.1 Å². The van der Waals surface area contributed by atoms with E-state index in [9.17, 15) is 14.7 Å². The van der Waals surface area contributed by atoms with Crippen molar-refractivity contribution in [2.24, 2.45) is 5.92 Å². The number of aliphatic hydroxyl groups excluding tert-OH is 1. The van der Waals surface area contributed by atoms with Crippen molar-refractivity contribution >= 4 is 11.9 Å². The van der Waals surface area contributed by atoms with Crippen molar-refractivity contribution in [3.05, 3.63) is 0 Å². The number of carbonyl (C=O) groups excluding carboxylic acids is 2. The SMILES string of the molecule is CN(C)C(=O)N1CCCC(C(=O)N2CCCC(O)C2)C1. The molecule has 114 valence electrons. The highest BCUT2D eigenvalue weighted by Gasteiger charge is 2.33. The molecule has 0 aromatic carbocycles. The Morgan fingerprint density at radius 1 is 1.05 bits per heavy atom. The molecule has 2 unspecified atom stereocenters. The fourth-order valence-corrected chi connectivity index (χ4v) is 3.05. The Bertz CT molecular complexity index is 373. The maximum Gasteiger partial charge on any atom is 0.319 e. The molecule has 2 saturated heterocycles. The third-order valence-corrected chi connectivity index (χ3v) is 4.13. The molecule has 0 radical (unpaired) electrons. The lowest BCUT2D eigenvalue weighted by molar-refractivity contribution is -0.140. The first-order valence-corrected chi connectivity index (χ1v) is 7.42. The first-order valence-electron chi connectivity index (χ1n) is 7.42. The predicted molar refractivity (Wildman–Crippen MR) is 75.2 cm³/mol. The van der Waals surface area contributed by atoms with Crippen LogP contribution in [0.2, 0.25) is 0 Å². The van der Waals surface area contributed by atoms with Crippen LogP contribution in [0.4, 0.5) is 4.79 Å². The minimum atomic E-state index is -0.393. The third kappa shape index (κ3) is 3.42. The Kier molecular flexibility index (Phi) is 4.86. The number of piperidine rings is 2. The monoisotopic (exact) mass is 283 g/mol. The minimum absolute atomic E-state index is 0.0267. The Morgan fingerprint density at radius 3 is 2.35 bits per heavy atom. The maximum absolute atomic E-state index is 12.5. The normalized spacial score (nSPS) is 27.4. The number of carbonyl (C=O) groups is 2. The molecule has 2 atom stereocenters. The van der Waals surface area contributed by atoms with Crippen LogP contribution in [-0.4, -0.2) is 78.1 Å². The molecule has 2 heterocycles. The lowest BCUT2D eigenvalue weighted by Gasteiger charge is -2.38. The molecule has 0 aromatic rings. The molecule has 0 bridgehead atoms. The summed E-state index contributed by atoms with van der Waals surface area (Å²) in [7, 11) is 3.46. The number of rotatable bonds is 1. The summed E-state index contributed by atoms with van der Waals surface area (Å²) in [5.41, 5.74) is 0. The van der Waals surface area contributed by atoms with Crippen molar-refractivity contribution in [2.45, 2.75) is 31.8 Å². The number of amides is 3. The number of aliphatic hydroxyl groups is 1. The summed E-state index contributed by atoms with van der Waals surface area (Å²) in [6.07, 6.45) is 2.95. The Balaban J connectivity index is 1.94. The van der Waals surface area contributed by atoms with E-state index in [0.29, 0.717) is 13.1 Å². The van der Waals surface area contributed by atoms with E-state index in [-0.39, 0.29) is 17.9 Å². The summed E-state index contributed by atoms with van der Waals surface area (Å²) in [5.74, 6) is -0.0158. The van der Waals surface area contributed by atoms with Crippen molar-refractivity contribution in [1.82, 2.24) is 14.7 Å². The van der Waals surface area contributed by atoms with Crippen molar-refractivity contribution in [1.29, 1.82) is 0 Å². The van der Waals surface area contributed by atoms with E-state index >= 15 is 0 Å². The summed E-state index contributed by atoms with van der Waals surface area (Å²) in [5, 5.41) is 9.67. The molecule has 3 amide bonds. The van der Waals surface area contributed by atoms with Crippen LogP contribution in [0.1, 0.15) is 25.7 Å². The average molecular weight is 283 g/mol. The summed E-state index contributed by atoms with van der Waals surface area (Å²) in [6, 6.07) is -0.0267. The van der Waals surface area contributed by atoms with Crippen molar-refractivity contribution in [2.75, 3.05) is 40.3 Å². The summed E-state index contributed by atoms with van der Waals surface area (Å²) in [4.78, 5) is 29.6. The van der Waals surface area contributed by atoms with Crippen molar-refractivity contribution in [3.63, 3.8) is 0 Å². The Hall–Kier alpha value is -1.30. The van der Waals surface area contributed by atoms with Crippen LogP contribution in [0.15, 0.2) is 0 Å². The second-order valence-electron chi connectivity index (χ2n) is 6.04. The number of hydrogen-bond acceptors (Lipinski definition) is 3. The van der Waals surface area contributed by atoms with Crippen molar-refractivity contribution in [3.8, 4) is 0 Å². The molecular formula is C14H25N3O3. The quantitative estimate of drug-likeness (QED) is 0.756. The molecule has 0 saturated carbocycles. The molecule has 6 heteroatoms. The number of hydrogen-bond donors (Lipinski definition) is 1. The number of urea groups is 1. The highest BCUT2D eigenvalue weighted by Crippen LogP contribution is 2.21. The standard InChI is InChI=1S/C14H25N3O3/c1-15(2)14(20)17-8-3-5-11(9-17)13(19)16-7-4-6-12(18)10-16/h11-12,18H,3-10H2,1-2H3. The molecule has 1 N–H and O–H groups in total. The molecular weight excluding hydrogens is 258 g/mol. The van der Waals surface area contributed by atoms with Gasteiger partial charge in [0.1, 0.15) is 0 Å². The van der Waals surface area contributed by atoms with Gasteiger partial charge in [-0.05, 0) is 25.7 Å². The molecule has 2 rings (SSSR count). The van der Waals surface area contributed by atoms with Gasteiger partial charge in [0.25, 0.3) is 0 Å². The Morgan fingerprint density at radius 2 is 1.70 bits per heavy atom. The molecule has 0 aliphatic carbocycles. The van der Waals surface area contributed by atoms with Crippen LogP contribution in [-0.2, 0) is 4.79 Å². The van der Waals surface area contributed by atoms with Crippen LogP contribution in [0.3, 0.4) is 0 Å². The van der Waals surface area contributed by atoms with E-state index in [1.54, 1.807) is 28.8 Å². The fourth-order valence-electron chi connectivity index (χ4n) is 3.05. The minimum Gasteiger partial charge on any atom is -0.391 e. The molecule has 0 spiro atoms. The molecule has 20 heavy (non-hydrogen) atoms. The summed E-state index contributed by atoms with van der Waals surface area (Å²) < 4.78 is 0. The summed E-state index contributed by atoms with van der Waals surface area (Å²) >= 11 is 0. The van der Waals surface area contributed by atoms with E-state index < -0.39 is 6.10 Å². The van der Waals surface area contributed by atoms with Crippen LogP contribution in [0.25, 0.3) is 0 Å². The number of β-amino-alcohol motifs (C(OH)–C–C–N with tert-alkyl or cyclic N) is 1. The second-order valence-corrected chi connectivity index (χ2v) is 6.04. The zero-order valence-corrected chi connectivity index (χ0v) is 12.4. The molecule has 6 nitrogen and oxygen atoms in total. The van der Waals surface area contributed by atoms with Gasteiger partial charge in [-0.3, -0.25) is 4.79 Å². The predicted octanol–water partition coefficient (Wildman–Crippen LogP) is 0.363. The van der Waals surface area contributed by atoms with E-state index in [1.165, 1.54) is 0 Å². The van der Waals surface area contributed by atoms with Gasteiger partial charge < -0.3 is 19.8 Å². The highest BCUT2D eigenvalue weighted by atomic mass is 16.3. The first-order chi connectivity index (χ1) is 9.49. The molecule has 2 aliphatic heterocycles. The van der Waals surface area contributed by atoms with Crippen LogP contribution >= 0.6 is 0 Å². The zero-order valence-electron chi connectivity index (χ0n) is 12.4. The van der Waals surface area contributed by atoms with Gasteiger partial charge in [0.15, 0.2) is 0 Å². The lowest BCUT2D eigenvalue weighted by Crippen LogP contribution is -2.51. The highest BCUT2D eigenvalue weighted by molar-refractivity contribution is 5.81. The second kappa shape index (κ2) is 6.43. The van der Waals surface area contributed by atoms with Crippen LogP contribution < -0.4 is 0 Å². The van der Waals surface area contributed by atoms with Gasteiger partial charge in [-0.2, -0.15) is 0 Å². The van der Waals surface area contributed by atoms with E-state index in [2.05, 4.69) is 0 Å². The Labute approximate surface area is 120 Å². The largest absolute Gasteiger partial charge is 0.391 e. The molecule has 0 aromatic heterocycles. The van der Waals surface area contributed by atoms with Gasteiger partial charge in [0, 0.05) is 40.3 Å². The van der Waals surface area contributed by atoms with Gasteiger partial charge in [0.2, 0.25) is 5.91 Å². The smallest absolute Gasteiger partial charge is 0.319 e. The van der Waals surface area contributed by atoms with Crippen molar-refractivity contribution < 1.29 is 14.7 Å². The van der Waals surface area contributed by atoms with Gasteiger partial charge in [-0.15, -0.1) is 0 Å². The summed E-state index contributed by atoms with van der Waals surface area (Å²) in [6.45, 7) is 2.40. The van der Waals surface area contributed by atoms with E-state index in [4.69, 9.17) is 0 Å².